The van der Waals surface area contributed by atoms with Crippen LogP contribution in [-0.4, -0.2) is 24.1 Å². The fourth-order valence-corrected chi connectivity index (χ4v) is 3.49. The van der Waals surface area contributed by atoms with E-state index in [1.165, 1.54) is 12.1 Å². The Morgan fingerprint density at radius 2 is 2.04 bits per heavy atom. The Balaban J connectivity index is 1.83. The third-order valence-corrected chi connectivity index (χ3v) is 5.32. The number of halogens is 1. The summed E-state index contributed by atoms with van der Waals surface area (Å²) in [6.07, 6.45) is 3.57. The van der Waals surface area contributed by atoms with Crippen LogP contribution in [0.5, 0.6) is 0 Å². The second-order valence-electron chi connectivity index (χ2n) is 7.70. The van der Waals surface area contributed by atoms with Crippen LogP contribution in [0.3, 0.4) is 0 Å². The van der Waals surface area contributed by atoms with Crippen LogP contribution in [0.1, 0.15) is 45.5 Å². The van der Waals surface area contributed by atoms with Gasteiger partial charge in [0.05, 0.1) is 11.0 Å². The number of hydrogen-bond donors (Lipinski definition) is 0. The molecule has 0 atom stereocenters. The summed E-state index contributed by atoms with van der Waals surface area (Å²) in [6.45, 7) is 5.85. The molecular formula is C19H18FN5O2. The predicted molar refractivity (Wildman–Crippen MR) is 97.2 cm³/mol. The van der Waals surface area contributed by atoms with Crippen LogP contribution in [0.15, 0.2) is 33.8 Å². The van der Waals surface area contributed by atoms with Crippen LogP contribution < -0.4 is 5.56 Å². The van der Waals surface area contributed by atoms with Gasteiger partial charge >= 0.3 is 0 Å². The molecule has 5 rings (SSSR count). The maximum absolute atomic E-state index is 13.8. The first kappa shape index (κ1) is 16.2. The summed E-state index contributed by atoms with van der Waals surface area (Å²) in [6, 6.07) is 4.24. The number of nitrogens with zero attached hydrogens (tertiary/aromatic N) is 5. The van der Waals surface area contributed by atoms with Crippen LogP contribution >= 0.6 is 0 Å². The van der Waals surface area contributed by atoms with E-state index in [0.717, 1.165) is 12.8 Å². The summed E-state index contributed by atoms with van der Waals surface area (Å²) in [5, 5.41) is 4.05. The summed E-state index contributed by atoms with van der Waals surface area (Å²) < 4.78 is 22.5. The van der Waals surface area contributed by atoms with Crippen LogP contribution in [0.4, 0.5) is 4.39 Å². The van der Waals surface area contributed by atoms with E-state index >= 15 is 0 Å². The zero-order valence-corrected chi connectivity index (χ0v) is 15.2. The van der Waals surface area contributed by atoms with Crippen molar-refractivity contribution in [3.63, 3.8) is 0 Å². The topological polar surface area (TPSA) is 78.2 Å². The Labute approximate surface area is 153 Å². The SMILES string of the molecule is CC(C)n1c(=O)c2c(-c3noc(C4(C)CC4)n3)ncn2c2ccc(F)cc21. The molecule has 0 N–H and O–H groups in total. The Morgan fingerprint density at radius 3 is 2.74 bits per heavy atom. The van der Waals surface area contributed by atoms with E-state index in [4.69, 9.17) is 4.52 Å². The number of rotatable bonds is 3. The highest BCUT2D eigenvalue weighted by Gasteiger charge is 2.44. The number of benzene rings is 1. The number of hydrogen-bond acceptors (Lipinski definition) is 5. The molecule has 0 amide bonds. The number of aromatic nitrogens is 5. The van der Waals surface area contributed by atoms with Crippen LogP contribution in [0, 0.1) is 5.82 Å². The lowest BCUT2D eigenvalue weighted by Crippen LogP contribution is -2.24. The molecule has 1 aromatic carbocycles. The lowest BCUT2D eigenvalue weighted by molar-refractivity contribution is 0.353. The molecule has 0 bridgehead atoms. The van der Waals surface area contributed by atoms with Crippen LogP contribution in [-0.2, 0) is 5.41 Å². The molecule has 1 aliphatic rings. The van der Waals surface area contributed by atoms with Gasteiger partial charge in [0.2, 0.25) is 11.7 Å². The lowest BCUT2D eigenvalue weighted by Gasteiger charge is -2.15. The Bertz CT molecular complexity index is 1260. The van der Waals surface area contributed by atoms with E-state index in [2.05, 4.69) is 22.0 Å². The minimum Gasteiger partial charge on any atom is -0.338 e. The maximum Gasteiger partial charge on any atom is 0.278 e. The predicted octanol–water partition coefficient (Wildman–Crippen LogP) is 3.47. The molecule has 7 nitrogen and oxygen atoms in total. The summed E-state index contributed by atoms with van der Waals surface area (Å²) in [7, 11) is 0. The average Bonchev–Trinajstić information content (AvgIpc) is 3.05. The van der Waals surface area contributed by atoms with Crippen molar-refractivity contribution in [3.8, 4) is 11.5 Å². The molecule has 3 heterocycles. The highest BCUT2D eigenvalue weighted by molar-refractivity contribution is 5.83. The first-order chi connectivity index (χ1) is 12.9. The molecule has 0 saturated heterocycles. The zero-order chi connectivity index (χ0) is 18.9. The molecule has 138 valence electrons. The highest BCUT2D eigenvalue weighted by Crippen LogP contribution is 2.47. The quantitative estimate of drug-likeness (QED) is 0.554. The number of imidazole rings is 1. The van der Waals surface area contributed by atoms with Crippen LogP contribution in [0.25, 0.3) is 28.1 Å². The monoisotopic (exact) mass is 367 g/mol. The molecule has 1 saturated carbocycles. The molecule has 1 fully saturated rings. The van der Waals surface area contributed by atoms with E-state index in [-0.39, 0.29) is 17.0 Å². The molecular weight excluding hydrogens is 349 g/mol. The van der Waals surface area contributed by atoms with Gasteiger partial charge < -0.3 is 9.09 Å². The zero-order valence-electron chi connectivity index (χ0n) is 15.2. The Hall–Kier alpha value is -3.03. The van der Waals surface area contributed by atoms with Gasteiger partial charge in [-0.15, -0.1) is 0 Å². The Kier molecular flexibility index (Phi) is 3.14. The minimum atomic E-state index is -0.392. The number of fused-ring (bicyclic) bond motifs is 3. The fourth-order valence-electron chi connectivity index (χ4n) is 3.49. The molecule has 27 heavy (non-hydrogen) atoms. The molecule has 4 aromatic rings. The first-order valence-electron chi connectivity index (χ1n) is 8.94. The van der Waals surface area contributed by atoms with Crippen molar-refractivity contribution in [2.75, 3.05) is 0 Å². The normalized spacial score (nSPS) is 15.9. The summed E-state index contributed by atoms with van der Waals surface area (Å²) >= 11 is 0. The third-order valence-electron chi connectivity index (χ3n) is 5.32. The lowest BCUT2D eigenvalue weighted by atomic mass is 10.1. The van der Waals surface area contributed by atoms with Gasteiger partial charge in [-0.2, -0.15) is 4.98 Å². The van der Waals surface area contributed by atoms with Gasteiger partial charge in [0.25, 0.3) is 5.56 Å². The minimum absolute atomic E-state index is 0.0663. The van der Waals surface area contributed by atoms with Gasteiger partial charge in [0.15, 0.2) is 0 Å². The van der Waals surface area contributed by atoms with E-state index in [1.807, 2.05) is 13.8 Å². The second kappa shape index (κ2) is 5.25. The largest absolute Gasteiger partial charge is 0.338 e. The maximum atomic E-state index is 13.8. The van der Waals surface area contributed by atoms with Crippen molar-refractivity contribution >= 4 is 16.6 Å². The van der Waals surface area contributed by atoms with Crippen molar-refractivity contribution in [2.24, 2.45) is 0 Å². The molecule has 0 unspecified atom stereocenters. The van der Waals surface area contributed by atoms with Crippen molar-refractivity contribution < 1.29 is 8.91 Å². The van der Waals surface area contributed by atoms with Crippen molar-refractivity contribution in [1.29, 1.82) is 0 Å². The van der Waals surface area contributed by atoms with E-state index in [0.29, 0.717) is 34.0 Å². The molecule has 0 radical (unpaired) electrons. The van der Waals surface area contributed by atoms with E-state index in [1.54, 1.807) is 21.4 Å². The van der Waals surface area contributed by atoms with Gasteiger partial charge in [-0.1, -0.05) is 12.1 Å². The summed E-state index contributed by atoms with van der Waals surface area (Å²) in [4.78, 5) is 22.1. The molecule has 3 aromatic heterocycles. The third kappa shape index (κ3) is 2.25. The van der Waals surface area contributed by atoms with Gasteiger partial charge in [-0.3, -0.25) is 9.20 Å². The summed E-state index contributed by atoms with van der Waals surface area (Å²) in [5.74, 6) is 0.483. The van der Waals surface area contributed by atoms with E-state index < -0.39 is 5.82 Å². The van der Waals surface area contributed by atoms with Gasteiger partial charge in [-0.25, -0.2) is 9.37 Å². The van der Waals surface area contributed by atoms with Gasteiger partial charge in [-0.05, 0) is 44.9 Å². The van der Waals surface area contributed by atoms with Crippen molar-refractivity contribution in [1.82, 2.24) is 24.1 Å². The molecule has 1 aliphatic carbocycles. The van der Waals surface area contributed by atoms with Gasteiger partial charge in [0.1, 0.15) is 23.4 Å². The molecule has 0 aliphatic heterocycles. The fraction of sp³-hybridized carbons (Fsp3) is 0.368. The van der Waals surface area contributed by atoms with Crippen LogP contribution in [0.2, 0.25) is 0 Å². The average molecular weight is 367 g/mol. The van der Waals surface area contributed by atoms with Crippen molar-refractivity contribution in [2.45, 2.75) is 45.1 Å². The first-order valence-corrected chi connectivity index (χ1v) is 8.94. The smallest absolute Gasteiger partial charge is 0.278 e. The molecule has 8 heteroatoms. The van der Waals surface area contributed by atoms with Crippen molar-refractivity contribution in [3.05, 3.63) is 46.6 Å². The van der Waals surface area contributed by atoms with E-state index in [9.17, 15) is 9.18 Å². The summed E-state index contributed by atoms with van der Waals surface area (Å²) in [5.41, 5.74) is 1.61. The highest BCUT2D eigenvalue weighted by atomic mass is 19.1. The second-order valence-corrected chi connectivity index (χ2v) is 7.70. The van der Waals surface area contributed by atoms with Gasteiger partial charge in [0, 0.05) is 11.5 Å². The standard InChI is InChI=1S/C19H18FN5O2/c1-10(2)25-13-8-11(20)4-5-12(13)24-9-21-14(15(24)17(25)26)16-22-18(27-23-16)19(3)6-7-19/h4-5,8-10H,6-7H2,1-3H3. The molecule has 0 spiro atoms. The Morgan fingerprint density at radius 1 is 1.26 bits per heavy atom.